The summed E-state index contributed by atoms with van der Waals surface area (Å²) in [6.07, 6.45) is 0. The van der Waals surface area contributed by atoms with Gasteiger partial charge in [-0.3, -0.25) is 4.79 Å². The highest BCUT2D eigenvalue weighted by Crippen LogP contribution is 2.25. The van der Waals surface area contributed by atoms with Crippen molar-refractivity contribution in [3.8, 4) is 0 Å². The Balaban J connectivity index is 2.28. The molecule has 2 aromatic carbocycles. The van der Waals surface area contributed by atoms with Gasteiger partial charge in [0.2, 0.25) is 0 Å². The smallest absolute Gasteiger partial charge is 0.255 e. The van der Waals surface area contributed by atoms with Crippen LogP contribution in [0.1, 0.15) is 10.4 Å². The van der Waals surface area contributed by atoms with Crippen LogP contribution in [-0.4, -0.2) is 5.91 Å². The van der Waals surface area contributed by atoms with Crippen LogP contribution in [-0.2, 0) is 0 Å². The first-order valence-corrected chi connectivity index (χ1v) is 7.39. The van der Waals surface area contributed by atoms with Gasteiger partial charge in [-0.25, -0.2) is 0 Å². The highest BCUT2D eigenvalue weighted by molar-refractivity contribution is 14.1. The third kappa shape index (κ3) is 3.99. The van der Waals surface area contributed by atoms with Gasteiger partial charge in [0.15, 0.2) is 0 Å². The Bertz CT molecular complexity index is 626. The number of benzene rings is 2. The second kappa shape index (κ2) is 6.31. The highest BCUT2D eigenvalue weighted by atomic mass is 127. The fourth-order valence-electron chi connectivity index (χ4n) is 1.47. The molecule has 0 fully saturated rings. The predicted molar refractivity (Wildman–Crippen MR) is 88.6 cm³/mol. The monoisotopic (exact) mass is 425 g/mol. The molecule has 2 aromatic rings. The summed E-state index contributed by atoms with van der Waals surface area (Å²) >= 11 is 19.9. The zero-order valence-electron chi connectivity index (χ0n) is 9.38. The van der Waals surface area contributed by atoms with Crippen molar-refractivity contribution in [2.24, 2.45) is 0 Å². The van der Waals surface area contributed by atoms with Crippen molar-refractivity contribution < 1.29 is 4.79 Å². The standard InChI is InChI=1S/C13H7Cl3INO/c14-8-3-7(4-9(15)5-8)13(19)18-12-6-10(17)1-2-11(12)16/h1-6H,(H,18,19). The molecule has 0 saturated heterocycles. The van der Waals surface area contributed by atoms with Gasteiger partial charge in [-0.1, -0.05) is 34.8 Å². The summed E-state index contributed by atoms with van der Waals surface area (Å²) < 4.78 is 0.974. The van der Waals surface area contributed by atoms with Crippen LogP contribution >= 0.6 is 57.4 Å². The van der Waals surface area contributed by atoms with Gasteiger partial charge in [0, 0.05) is 19.2 Å². The molecular formula is C13H7Cl3INO. The molecule has 1 N–H and O–H groups in total. The lowest BCUT2D eigenvalue weighted by Gasteiger charge is -2.08. The molecule has 6 heteroatoms. The molecule has 0 spiro atoms. The average molecular weight is 426 g/mol. The molecule has 2 rings (SSSR count). The fraction of sp³-hybridized carbons (Fsp3) is 0. The van der Waals surface area contributed by atoms with E-state index < -0.39 is 0 Å². The maximum absolute atomic E-state index is 12.1. The Hall–Kier alpha value is -0.490. The van der Waals surface area contributed by atoms with Crippen molar-refractivity contribution >= 4 is 69.0 Å². The number of carbonyl (C=O) groups is 1. The molecule has 19 heavy (non-hydrogen) atoms. The lowest BCUT2D eigenvalue weighted by Crippen LogP contribution is -2.12. The van der Waals surface area contributed by atoms with Gasteiger partial charge in [-0.2, -0.15) is 0 Å². The first kappa shape index (κ1) is 14.9. The van der Waals surface area contributed by atoms with E-state index in [0.29, 0.717) is 26.3 Å². The summed E-state index contributed by atoms with van der Waals surface area (Å²) in [5.41, 5.74) is 0.932. The van der Waals surface area contributed by atoms with Gasteiger partial charge in [0.05, 0.1) is 10.7 Å². The molecule has 0 bridgehead atoms. The van der Waals surface area contributed by atoms with E-state index in [1.165, 1.54) is 0 Å². The summed E-state index contributed by atoms with van der Waals surface area (Å²) in [5.74, 6) is -0.312. The predicted octanol–water partition coefficient (Wildman–Crippen LogP) is 5.50. The first-order valence-electron chi connectivity index (χ1n) is 5.18. The minimum atomic E-state index is -0.312. The van der Waals surface area contributed by atoms with Crippen LogP contribution in [0.4, 0.5) is 5.69 Å². The van der Waals surface area contributed by atoms with E-state index in [2.05, 4.69) is 27.9 Å². The lowest BCUT2D eigenvalue weighted by molar-refractivity contribution is 0.102. The Kier molecular flexibility index (Phi) is 4.95. The number of anilines is 1. The van der Waals surface area contributed by atoms with Crippen LogP contribution in [0, 0.1) is 3.57 Å². The van der Waals surface area contributed by atoms with E-state index >= 15 is 0 Å². The highest BCUT2D eigenvalue weighted by Gasteiger charge is 2.10. The summed E-state index contributed by atoms with van der Waals surface area (Å²) in [5, 5.41) is 4.02. The van der Waals surface area contributed by atoms with E-state index in [1.807, 2.05) is 6.07 Å². The normalized spacial score (nSPS) is 10.3. The number of halogens is 4. The third-order valence-corrected chi connectivity index (χ3v) is 3.74. The number of amides is 1. The molecular weight excluding hydrogens is 419 g/mol. The second-order valence-corrected chi connectivity index (χ2v) is 6.26. The molecule has 0 radical (unpaired) electrons. The molecule has 0 aliphatic heterocycles. The van der Waals surface area contributed by atoms with Crippen LogP contribution < -0.4 is 5.32 Å². The summed E-state index contributed by atoms with van der Waals surface area (Å²) in [6.45, 7) is 0. The van der Waals surface area contributed by atoms with Crippen LogP contribution in [0.5, 0.6) is 0 Å². The Morgan fingerprint density at radius 3 is 2.26 bits per heavy atom. The number of nitrogens with one attached hydrogen (secondary N) is 1. The van der Waals surface area contributed by atoms with Crippen LogP contribution in [0.3, 0.4) is 0 Å². The molecule has 2 nitrogen and oxygen atoms in total. The minimum absolute atomic E-state index is 0.312. The van der Waals surface area contributed by atoms with E-state index in [0.717, 1.165) is 3.57 Å². The van der Waals surface area contributed by atoms with E-state index in [-0.39, 0.29) is 5.91 Å². The number of rotatable bonds is 2. The third-order valence-electron chi connectivity index (χ3n) is 2.30. The fourth-order valence-corrected chi connectivity index (χ4v) is 2.65. The second-order valence-electron chi connectivity index (χ2n) is 3.74. The van der Waals surface area contributed by atoms with Gasteiger partial charge >= 0.3 is 0 Å². The molecule has 0 heterocycles. The zero-order valence-corrected chi connectivity index (χ0v) is 13.8. The quantitative estimate of drug-likeness (QED) is 0.631. The topological polar surface area (TPSA) is 29.1 Å². The van der Waals surface area contributed by atoms with Crippen LogP contribution in [0.25, 0.3) is 0 Å². The maximum Gasteiger partial charge on any atom is 0.255 e. The van der Waals surface area contributed by atoms with E-state index in [4.69, 9.17) is 34.8 Å². The molecule has 1 amide bonds. The number of hydrogen-bond acceptors (Lipinski definition) is 1. The Morgan fingerprint density at radius 1 is 1.00 bits per heavy atom. The largest absolute Gasteiger partial charge is 0.321 e. The summed E-state index contributed by atoms with van der Waals surface area (Å²) in [7, 11) is 0. The van der Waals surface area contributed by atoms with Gasteiger partial charge < -0.3 is 5.32 Å². The van der Waals surface area contributed by atoms with Gasteiger partial charge in [-0.05, 0) is 59.0 Å². The van der Waals surface area contributed by atoms with Gasteiger partial charge in [0.1, 0.15) is 0 Å². The molecule has 0 aromatic heterocycles. The minimum Gasteiger partial charge on any atom is -0.321 e. The number of carbonyl (C=O) groups excluding carboxylic acids is 1. The summed E-state index contributed by atoms with van der Waals surface area (Å²) in [6, 6.07) is 10.0. The molecule has 0 atom stereocenters. The maximum atomic E-state index is 12.1. The van der Waals surface area contributed by atoms with E-state index in [1.54, 1.807) is 30.3 Å². The molecule has 0 saturated carbocycles. The average Bonchev–Trinajstić information content (AvgIpc) is 2.32. The molecule has 0 aliphatic rings. The molecule has 98 valence electrons. The van der Waals surface area contributed by atoms with Gasteiger partial charge in [0.25, 0.3) is 5.91 Å². The van der Waals surface area contributed by atoms with Crippen molar-refractivity contribution in [1.82, 2.24) is 0 Å². The SMILES string of the molecule is O=C(Nc1cc(I)ccc1Cl)c1cc(Cl)cc(Cl)c1. The van der Waals surface area contributed by atoms with Gasteiger partial charge in [-0.15, -0.1) is 0 Å². The zero-order chi connectivity index (χ0) is 14.0. The van der Waals surface area contributed by atoms with Crippen LogP contribution in [0.2, 0.25) is 15.1 Å². The first-order chi connectivity index (χ1) is 8.95. The Labute approximate surface area is 139 Å². The van der Waals surface area contributed by atoms with Crippen molar-refractivity contribution in [2.75, 3.05) is 5.32 Å². The summed E-state index contributed by atoms with van der Waals surface area (Å²) in [4.78, 5) is 12.1. The molecule has 0 aliphatic carbocycles. The Morgan fingerprint density at radius 2 is 1.63 bits per heavy atom. The number of hydrogen-bond donors (Lipinski definition) is 1. The lowest BCUT2D eigenvalue weighted by atomic mass is 10.2. The van der Waals surface area contributed by atoms with Crippen molar-refractivity contribution in [3.63, 3.8) is 0 Å². The van der Waals surface area contributed by atoms with E-state index in [9.17, 15) is 4.79 Å². The van der Waals surface area contributed by atoms with Crippen molar-refractivity contribution in [2.45, 2.75) is 0 Å². The van der Waals surface area contributed by atoms with Crippen LogP contribution in [0.15, 0.2) is 36.4 Å². The van der Waals surface area contributed by atoms with Crippen molar-refractivity contribution in [1.29, 1.82) is 0 Å². The molecule has 0 unspecified atom stereocenters. The van der Waals surface area contributed by atoms with Crippen molar-refractivity contribution in [3.05, 3.63) is 60.6 Å².